The van der Waals surface area contributed by atoms with E-state index in [9.17, 15) is 35.7 Å². The number of aliphatic hydroxyl groups excluding tert-OH is 7. The van der Waals surface area contributed by atoms with Crippen molar-refractivity contribution in [2.24, 2.45) is 40.3 Å². The van der Waals surface area contributed by atoms with Crippen LogP contribution in [0.4, 0.5) is 0 Å². The van der Waals surface area contributed by atoms with Crippen LogP contribution in [0.3, 0.4) is 0 Å². The van der Waals surface area contributed by atoms with E-state index in [-0.39, 0.29) is 38.3 Å². The lowest BCUT2D eigenvalue weighted by Gasteiger charge is -2.47. The molecule has 0 aromatic rings. The maximum atomic E-state index is 11.2. The first-order chi connectivity index (χ1) is 19.8. The van der Waals surface area contributed by atoms with Gasteiger partial charge in [-0.2, -0.15) is 0 Å². The predicted molar refractivity (Wildman–Crippen MR) is 149 cm³/mol. The maximum Gasteiger partial charge on any atom is 0.187 e. The molecule has 4 fully saturated rings. The van der Waals surface area contributed by atoms with E-state index in [2.05, 4.69) is 0 Å². The van der Waals surface area contributed by atoms with Crippen LogP contribution in [-0.4, -0.2) is 165 Å². The first-order valence-electron chi connectivity index (χ1n) is 14.2. The molecule has 2 aliphatic carbocycles. The number of hydrogen-bond donors (Lipinski definition) is 13. The SMILES string of the molecule is Cl.NC[C@@H]1C[C@@H](O[C@@H]2[C@@H](O)[C@H](O[C@@H]3[C@@H](O)[C@H](N)C[C@H](N)[C@H]3O[C@H]3O[C@H](CN)[C@H](O)[C@H](O)[C@H]3N)O[C@@H]2CO)[C@@H](N)[C@@H](O)[C@@H]1O. The van der Waals surface area contributed by atoms with Crippen molar-refractivity contribution in [3.05, 3.63) is 0 Å². The van der Waals surface area contributed by atoms with Crippen molar-refractivity contribution in [2.45, 2.75) is 123 Å². The monoisotopic (exact) mass is 648 g/mol. The van der Waals surface area contributed by atoms with Crippen LogP contribution in [-0.2, 0) is 23.7 Å². The summed E-state index contributed by atoms with van der Waals surface area (Å²) in [5, 5.41) is 73.3. The van der Waals surface area contributed by atoms with Gasteiger partial charge in [0.2, 0.25) is 0 Å². The molecule has 0 radical (unpaired) electrons. The zero-order valence-corrected chi connectivity index (χ0v) is 24.4. The van der Waals surface area contributed by atoms with Gasteiger partial charge in [0.05, 0.1) is 43.1 Å². The Kier molecular flexibility index (Phi) is 13.3. The van der Waals surface area contributed by atoms with E-state index in [0.717, 1.165) is 0 Å². The van der Waals surface area contributed by atoms with Gasteiger partial charge in [-0.25, -0.2) is 0 Å². The van der Waals surface area contributed by atoms with E-state index in [0.29, 0.717) is 0 Å². The van der Waals surface area contributed by atoms with Gasteiger partial charge >= 0.3 is 0 Å². The highest BCUT2D eigenvalue weighted by atomic mass is 35.5. The van der Waals surface area contributed by atoms with Crippen molar-refractivity contribution in [3.8, 4) is 0 Å². The standard InChI is InChI=1S/C24H48N6O12.ClH/c25-3-6-1-9(12(29)17(35)14(6)32)38-21-11(5-31)40-24(19(21)37)42-22-15(33)7(27)2-8(28)20(22)41-23-13(30)18(36)16(34)10(4-26)39-23;/h6-24,31-37H,1-5,25-30H2;1H/t6-,7+,8-,9+,10+,11+,12+,13+,14+,15-,16-,17+,18+,19+,20+,21-,22+,23+,24-;/m0./s1. The molecule has 18 nitrogen and oxygen atoms in total. The van der Waals surface area contributed by atoms with Crippen LogP contribution in [0, 0.1) is 5.92 Å². The molecule has 43 heavy (non-hydrogen) atoms. The quantitative estimate of drug-likeness (QED) is 0.110. The van der Waals surface area contributed by atoms with Gasteiger partial charge in [0, 0.05) is 24.5 Å². The van der Waals surface area contributed by atoms with Crippen LogP contribution < -0.4 is 34.4 Å². The second-order valence-corrected chi connectivity index (χ2v) is 11.7. The van der Waals surface area contributed by atoms with Crippen molar-refractivity contribution in [3.63, 3.8) is 0 Å². The molecule has 0 unspecified atom stereocenters. The lowest BCUT2D eigenvalue weighted by molar-refractivity contribution is -0.306. The van der Waals surface area contributed by atoms with Gasteiger partial charge < -0.3 is 93.8 Å². The normalized spacial score (nSPS) is 52.5. The van der Waals surface area contributed by atoms with Crippen molar-refractivity contribution in [1.82, 2.24) is 0 Å². The third kappa shape index (κ3) is 7.43. The topological polar surface area (TPSA) is 344 Å². The van der Waals surface area contributed by atoms with Crippen LogP contribution in [0.2, 0.25) is 0 Å². The molecule has 2 saturated heterocycles. The van der Waals surface area contributed by atoms with Gasteiger partial charge in [-0.1, -0.05) is 0 Å². The summed E-state index contributed by atoms with van der Waals surface area (Å²) in [7, 11) is 0. The molecule has 2 saturated carbocycles. The maximum absolute atomic E-state index is 11.2. The molecular weight excluding hydrogens is 600 g/mol. The van der Waals surface area contributed by atoms with E-state index in [4.69, 9.17) is 58.1 Å². The van der Waals surface area contributed by atoms with Gasteiger partial charge in [-0.05, 0) is 19.4 Å². The largest absolute Gasteiger partial charge is 0.394 e. The second kappa shape index (κ2) is 15.4. The minimum Gasteiger partial charge on any atom is -0.394 e. The Balaban J connectivity index is 0.00000506. The van der Waals surface area contributed by atoms with Crippen molar-refractivity contribution >= 4 is 12.4 Å². The van der Waals surface area contributed by atoms with Crippen LogP contribution >= 0.6 is 12.4 Å². The smallest absolute Gasteiger partial charge is 0.187 e. The summed E-state index contributed by atoms with van der Waals surface area (Å²) in [6.45, 7) is -0.679. The summed E-state index contributed by atoms with van der Waals surface area (Å²) in [5.41, 5.74) is 35.9. The molecule has 4 rings (SSSR count). The van der Waals surface area contributed by atoms with Crippen molar-refractivity contribution in [1.29, 1.82) is 0 Å². The summed E-state index contributed by atoms with van der Waals surface area (Å²) >= 11 is 0. The van der Waals surface area contributed by atoms with Gasteiger partial charge in [-0.3, -0.25) is 0 Å². The molecule has 19 N–H and O–H groups in total. The van der Waals surface area contributed by atoms with Gasteiger partial charge in [0.1, 0.15) is 48.8 Å². The Morgan fingerprint density at radius 2 is 1.19 bits per heavy atom. The number of halogens is 1. The van der Waals surface area contributed by atoms with Crippen molar-refractivity contribution < 1.29 is 59.4 Å². The third-order valence-electron chi connectivity index (χ3n) is 8.93. The lowest BCUT2D eigenvalue weighted by Crippen LogP contribution is -2.68. The highest BCUT2D eigenvalue weighted by molar-refractivity contribution is 5.85. The lowest BCUT2D eigenvalue weighted by atomic mass is 9.79. The first-order valence-corrected chi connectivity index (χ1v) is 14.2. The van der Waals surface area contributed by atoms with Gasteiger partial charge in [0.15, 0.2) is 12.6 Å². The summed E-state index contributed by atoms with van der Waals surface area (Å²) in [4.78, 5) is 0. The number of hydrogen-bond acceptors (Lipinski definition) is 18. The second-order valence-electron chi connectivity index (χ2n) is 11.7. The van der Waals surface area contributed by atoms with Crippen LogP contribution in [0.25, 0.3) is 0 Å². The fraction of sp³-hybridized carbons (Fsp3) is 1.00. The molecule has 19 heteroatoms. The van der Waals surface area contributed by atoms with Crippen LogP contribution in [0.15, 0.2) is 0 Å². The Labute approximate surface area is 254 Å². The molecule has 19 atom stereocenters. The predicted octanol–water partition coefficient (Wildman–Crippen LogP) is -7.81. The average molecular weight is 649 g/mol. The summed E-state index contributed by atoms with van der Waals surface area (Å²) in [5.74, 6) is -0.519. The zero-order chi connectivity index (χ0) is 31.0. The van der Waals surface area contributed by atoms with E-state index in [1.807, 2.05) is 0 Å². The van der Waals surface area contributed by atoms with E-state index < -0.39 is 123 Å². The molecule has 2 heterocycles. The van der Waals surface area contributed by atoms with E-state index in [1.54, 1.807) is 0 Å². The summed E-state index contributed by atoms with van der Waals surface area (Å²) in [6.07, 6.45) is -17.2. The van der Waals surface area contributed by atoms with E-state index in [1.165, 1.54) is 0 Å². The number of ether oxygens (including phenoxy) is 5. The highest BCUT2D eigenvalue weighted by Crippen LogP contribution is 2.35. The van der Waals surface area contributed by atoms with Crippen LogP contribution in [0.1, 0.15) is 12.8 Å². The molecule has 0 aromatic heterocycles. The number of nitrogens with two attached hydrogens (primary N) is 6. The number of aliphatic hydroxyl groups is 7. The minimum absolute atomic E-state index is 0. The fourth-order valence-corrected chi connectivity index (χ4v) is 6.22. The number of rotatable bonds is 9. The molecule has 0 aromatic carbocycles. The Morgan fingerprint density at radius 3 is 1.79 bits per heavy atom. The minimum atomic E-state index is -1.52. The highest BCUT2D eigenvalue weighted by Gasteiger charge is 2.54. The van der Waals surface area contributed by atoms with Crippen LogP contribution in [0.5, 0.6) is 0 Å². The molecule has 0 spiro atoms. The molecular formula is C24H49ClN6O12. The average Bonchev–Trinajstić information content (AvgIpc) is 3.27. The van der Waals surface area contributed by atoms with E-state index >= 15 is 0 Å². The van der Waals surface area contributed by atoms with Gasteiger partial charge in [0.25, 0.3) is 0 Å². The molecule has 0 bridgehead atoms. The Bertz CT molecular complexity index is 874. The summed E-state index contributed by atoms with van der Waals surface area (Å²) < 4.78 is 29.4. The van der Waals surface area contributed by atoms with Crippen molar-refractivity contribution in [2.75, 3.05) is 19.7 Å². The molecule has 0 amide bonds. The molecule has 2 aliphatic heterocycles. The first kappa shape index (κ1) is 37.0. The van der Waals surface area contributed by atoms with Gasteiger partial charge in [-0.15, -0.1) is 12.4 Å². The molecule has 254 valence electrons. The summed E-state index contributed by atoms with van der Waals surface area (Å²) in [6, 6.07) is -3.91. The third-order valence-corrected chi connectivity index (χ3v) is 8.93. The Morgan fingerprint density at radius 1 is 0.581 bits per heavy atom. The zero-order valence-electron chi connectivity index (χ0n) is 23.5. The fourth-order valence-electron chi connectivity index (χ4n) is 6.22. The Hall–Kier alpha value is -0.430. The molecule has 4 aliphatic rings.